The van der Waals surface area contributed by atoms with E-state index in [1.54, 1.807) is 0 Å². The van der Waals surface area contributed by atoms with Gasteiger partial charge >= 0.3 is 6.36 Å². The molecule has 0 bridgehead atoms. The van der Waals surface area contributed by atoms with Crippen LogP contribution in [0.2, 0.25) is 0 Å². The van der Waals surface area contributed by atoms with Crippen LogP contribution < -0.4 is 26.7 Å². The fourth-order valence-corrected chi connectivity index (χ4v) is 4.21. The van der Waals surface area contributed by atoms with Crippen LogP contribution in [0.15, 0.2) is 77.7 Å². The van der Waals surface area contributed by atoms with Crippen LogP contribution in [-0.2, 0) is 20.6 Å². The Labute approximate surface area is 208 Å². The number of nitrogens with one attached hydrogen (secondary N) is 1. The molecule has 194 valence electrons. The average molecular weight is 536 g/mol. The van der Waals surface area contributed by atoms with Gasteiger partial charge in [-0.05, 0) is 35.4 Å². The molecule has 0 aliphatic carbocycles. The number of nitrogens with two attached hydrogens (primary N) is 3. The molecule has 0 radical (unpaired) electrons. The molecule has 0 atom stereocenters. The van der Waals surface area contributed by atoms with E-state index in [0.717, 1.165) is 12.1 Å². The van der Waals surface area contributed by atoms with E-state index in [1.807, 2.05) is 0 Å². The Hall–Kier alpha value is -4.66. The SMILES string of the molecule is NC(=O)C(C(N)=Nc1cnccn1)=C(N)c1ccc(NS(=O)(=O)Cc2ccc(OC(F)(F)F)cc2)cc1. The van der Waals surface area contributed by atoms with E-state index in [1.165, 1.54) is 55.0 Å². The lowest BCUT2D eigenvalue weighted by Gasteiger charge is -2.12. The van der Waals surface area contributed by atoms with Crippen molar-refractivity contribution >= 4 is 39.0 Å². The lowest BCUT2D eigenvalue weighted by molar-refractivity contribution is -0.274. The summed E-state index contributed by atoms with van der Waals surface area (Å²) in [7, 11) is -3.93. The van der Waals surface area contributed by atoms with Gasteiger partial charge in [-0.1, -0.05) is 24.3 Å². The van der Waals surface area contributed by atoms with Gasteiger partial charge in [0.05, 0.1) is 17.6 Å². The molecular weight excluding hydrogens is 515 g/mol. The molecule has 3 aromatic rings. The predicted octanol–water partition coefficient (Wildman–Crippen LogP) is 2.16. The van der Waals surface area contributed by atoms with Crippen LogP contribution in [0.5, 0.6) is 5.75 Å². The topological polar surface area (TPSA) is 189 Å². The molecule has 11 nitrogen and oxygen atoms in total. The second-order valence-corrected chi connectivity index (χ2v) is 9.07. The minimum Gasteiger partial charge on any atom is -0.406 e. The van der Waals surface area contributed by atoms with E-state index < -0.39 is 33.8 Å². The first-order valence-electron chi connectivity index (χ1n) is 10.2. The standard InChI is InChI=1S/C22H20F3N7O4S/c23-22(24,25)36-16-7-1-13(2-8-16)12-37(34,35)32-15-5-3-14(4-6-15)19(26)18(21(28)33)20(27)31-17-11-29-9-10-30-17/h1-11,32H,12,26H2,(H2,28,33)(H2,27,30,31). The van der Waals surface area contributed by atoms with Gasteiger partial charge in [0.25, 0.3) is 5.91 Å². The van der Waals surface area contributed by atoms with E-state index in [4.69, 9.17) is 17.2 Å². The highest BCUT2D eigenvalue weighted by Crippen LogP contribution is 2.24. The molecular formula is C22H20F3N7O4S. The summed E-state index contributed by atoms with van der Waals surface area (Å²) in [6, 6.07) is 10.0. The minimum atomic E-state index is -4.85. The number of amidine groups is 1. The molecule has 1 heterocycles. The van der Waals surface area contributed by atoms with Gasteiger partial charge in [-0.25, -0.2) is 18.4 Å². The summed E-state index contributed by atoms with van der Waals surface area (Å²) < 4.78 is 67.9. The fourth-order valence-electron chi connectivity index (χ4n) is 3.01. The summed E-state index contributed by atoms with van der Waals surface area (Å²) in [4.78, 5) is 23.7. The van der Waals surface area contributed by atoms with Crippen molar-refractivity contribution in [2.45, 2.75) is 12.1 Å². The first-order valence-corrected chi connectivity index (χ1v) is 11.8. The van der Waals surface area contributed by atoms with Crippen molar-refractivity contribution in [3.05, 3.63) is 83.8 Å². The molecule has 15 heteroatoms. The van der Waals surface area contributed by atoms with Crippen LogP contribution in [0.4, 0.5) is 24.7 Å². The Bertz CT molecular complexity index is 1430. The number of hydrogen-bond acceptors (Lipinski definition) is 8. The molecule has 2 aromatic carbocycles. The zero-order valence-electron chi connectivity index (χ0n) is 18.8. The molecule has 1 amide bonds. The van der Waals surface area contributed by atoms with Crippen molar-refractivity contribution in [2.24, 2.45) is 22.2 Å². The summed E-state index contributed by atoms with van der Waals surface area (Å²) in [5, 5.41) is 0. The van der Waals surface area contributed by atoms with Gasteiger partial charge in [0, 0.05) is 18.1 Å². The third kappa shape index (κ3) is 7.93. The van der Waals surface area contributed by atoms with Gasteiger partial charge in [0.1, 0.15) is 17.2 Å². The number of hydrogen-bond donors (Lipinski definition) is 4. The Kier molecular flexibility index (Phi) is 7.97. The second-order valence-electron chi connectivity index (χ2n) is 7.34. The molecule has 0 saturated carbocycles. The number of ether oxygens (including phenoxy) is 1. The lowest BCUT2D eigenvalue weighted by atomic mass is 10.1. The molecule has 3 rings (SSSR count). The monoisotopic (exact) mass is 535 g/mol. The van der Waals surface area contributed by atoms with Crippen LogP contribution >= 0.6 is 0 Å². The van der Waals surface area contributed by atoms with Crippen LogP contribution in [0.3, 0.4) is 0 Å². The minimum absolute atomic E-state index is 0.104. The number of halogens is 3. The number of benzene rings is 2. The van der Waals surface area contributed by atoms with E-state index >= 15 is 0 Å². The third-order valence-corrected chi connectivity index (χ3v) is 5.80. The van der Waals surface area contributed by atoms with Crippen LogP contribution in [0.1, 0.15) is 11.1 Å². The third-order valence-electron chi connectivity index (χ3n) is 4.54. The van der Waals surface area contributed by atoms with Gasteiger partial charge in [0.15, 0.2) is 5.82 Å². The molecule has 0 fully saturated rings. The largest absolute Gasteiger partial charge is 0.573 e. The molecule has 0 unspecified atom stereocenters. The van der Waals surface area contributed by atoms with Gasteiger partial charge in [-0.15, -0.1) is 13.2 Å². The molecule has 1 aromatic heterocycles. The van der Waals surface area contributed by atoms with E-state index in [0.29, 0.717) is 5.56 Å². The number of anilines is 1. The number of nitrogens with zero attached hydrogens (tertiary/aromatic N) is 3. The number of carbonyl (C=O) groups excluding carboxylic acids is 1. The zero-order valence-corrected chi connectivity index (χ0v) is 19.6. The number of aromatic nitrogens is 2. The summed E-state index contributed by atoms with van der Waals surface area (Å²) in [5.74, 6) is -2.09. The van der Waals surface area contributed by atoms with Crippen molar-refractivity contribution in [1.29, 1.82) is 0 Å². The number of aliphatic imine (C=N–C) groups is 1. The highest BCUT2D eigenvalue weighted by molar-refractivity contribution is 7.91. The van der Waals surface area contributed by atoms with Crippen LogP contribution in [-0.4, -0.2) is 36.5 Å². The number of primary amides is 1. The highest BCUT2D eigenvalue weighted by Gasteiger charge is 2.31. The van der Waals surface area contributed by atoms with E-state index in [2.05, 4.69) is 24.4 Å². The maximum atomic E-state index is 12.5. The average Bonchev–Trinajstić information content (AvgIpc) is 2.80. The van der Waals surface area contributed by atoms with Crippen LogP contribution in [0.25, 0.3) is 5.70 Å². The van der Waals surface area contributed by atoms with Crippen molar-refractivity contribution in [3.63, 3.8) is 0 Å². The summed E-state index contributed by atoms with van der Waals surface area (Å²) >= 11 is 0. The first kappa shape index (κ1) is 26.9. The van der Waals surface area contributed by atoms with Crippen molar-refractivity contribution in [2.75, 3.05) is 4.72 Å². The van der Waals surface area contributed by atoms with Gasteiger partial charge in [-0.3, -0.25) is 14.5 Å². The number of amides is 1. The molecule has 0 aliphatic rings. The van der Waals surface area contributed by atoms with Crippen molar-refractivity contribution in [1.82, 2.24) is 9.97 Å². The summed E-state index contributed by atoms with van der Waals surface area (Å²) in [6.07, 6.45) is -0.742. The predicted molar refractivity (Wildman–Crippen MR) is 129 cm³/mol. The highest BCUT2D eigenvalue weighted by atomic mass is 32.2. The van der Waals surface area contributed by atoms with Crippen LogP contribution in [0, 0.1) is 0 Å². The molecule has 0 spiro atoms. The Morgan fingerprint density at radius 1 is 1.00 bits per heavy atom. The molecule has 7 N–H and O–H groups in total. The molecule has 37 heavy (non-hydrogen) atoms. The quantitative estimate of drug-likeness (QED) is 0.182. The number of rotatable bonds is 9. The normalized spacial score (nSPS) is 13.0. The molecule has 0 aliphatic heterocycles. The van der Waals surface area contributed by atoms with Gasteiger partial charge < -0.3 is 21.9 Å². The zero-order chi connectivity index (χ0) is 27.2. The first-order chi connectivity index (χ1) is 17.3. The Morgan fingerprint density at radius 2 is 1.65 bits per heavy atom. The van der Waals surface area contributed by atoms with Crippen molar-refractivity contribution < 1.29 is 31.1 Å². The lowest BCUT2D eigenvalue weighted by Crippen LogP contribution is -2.29. The Balaban J connectivity index is 1.75. The molecule has 0 saturated heterocycles. The smallest absolute Gasteiger partial charge is 0.406 e. The summed E-state index contributed by atoms with van der Waals surface area (Å²) in [6.45, 7) is 0. The fraction of sp³-hybridized carbons (Fsp3) is 0.0909. The van der Waals surface area contributed by atoms with E-state index in [-0.39, 0.29) is 34.2 Å². The van der Waals surface area contributed by atoms with Gasteiger partial charge in [0.2, 0.25) is 10.0 Å². The summed E-state index contributed by atoms with van der Waals surface area (Å²) in [5.41, 5.74) is 17.7. The van der Waals surface area contributed by atoms with E-state index in [9.17, 15) is 26.4 Å². The van der Waals surface area contributed by atoms with Gasteiger partial charge in [-0.2, -0.15) is 0 Å². The maximum absolute atomic E-state index is 12.5. The number of carbonyl (C=O) groups is 1. The number of alkyl halides is 3. The maximum Gasteiger partial charge on any atom is 0.573 e. The van der Waals surface area contributed by atoms with Crippen molar-refractivity contribution in [3.8, 4) is 5.75 Å². The number of sulfonamides is 1. The second kappa shape index (κ2) is 10.9. The Morgan fingerprint density at radius 3 is 2.19 bits per heavy atom.